The summed E-state index contributed by atoms with van der Waals surface area (Å²) >= 11 is 0. The second-order valence-electron chi connectivity index (χ2n) is 6.11. The quantitative estimate of drug-likeness (QED) is 0.844. The summed E-state index contributed by atoms with van der Waals surface area (Å²) in [6.07, 6.45) is 2.20. The SMILES string of the molecule is COc1ccc2c(c1)CCC(CN(C)C)=C2c1ccccc1. The van der Waals surface area contributed by atoms with Gasteiger partial charge in [0.15, 0.2) is 0 Å². The molecule has 0 aromatic heterocycles. The summed E-state index contributed by atoms with van der Waals surface area (Å²) in [6, 6.07) is 17.2. The van der Waals surface area contributed by atoms with Crippen molar-refractivity contribution in [1.82, 2.24) is 4.90 Å². The maximum Gasteiger partial charge on any atom is 0.119 e. The molecule has 1 aliphatic carbocycles. The number of hydrogen-bond donors (Lipinski definition) is 0. The molecular weight excluding hydrogens is 270 g/mol. The Hall–Kier alpha value is -2.06. The van der Waals surface area contributed by atoms with E-state index in [1.807, 2.05) is 0 Å². The lowest BCUT2D eigenvalue weighted by molar-refractivity contribution is 0.414. The van der Waals surface area contributed by atoms with Gasteiger partial charge in [0.1, 0.15) is 5.75 Å². The van der Waals surface area contributed by atoms with E-state index in [4.69, 9.17) is 4.74 Å². The van der Waals surface area contributed by atoms with Gasteiger partial charge in [-0.3, -0.25) is 0 Å². The summed E-state index contributed by atoms with van der Waals surface area (Å²) < 4.78 is 5.39. The fourth-order valence-electron chi connectivity index (χ4n) is 3.25. The molecule has 0 saturated heterocycles. The van der Waals surface area contributed by atoms with E-state index in [9.17, 15) is 0 Å². The standard InChI is InChI=1S/C20H23NO/c1-21(2)14-17-10-9-16-13-18(22-3)11-12-19(16)20(17)15-7-5-4-6-8-15/h4-8,11-13H,9-10,14H2,1-3H3. The average Bonchev–Trinajstić information content (AvgIpc) is 2.54. The van der Waals surface area contributed by atoms with Crippen molar-refractivity contribution in [2.45, 2.75) is 12.8 Å². The fraction of sp³-hybridized carbons (Fsp3) is 0.300. The Kier molecular flexibility index (Phi) is 4.30. The van der Waals surface area contributed by atoms with Gasteiger partial charge >= 0.3 is 0 Å². The number of hydrogen-bond acceptors (Lipinski definition) is 2. The molecular formula is C20H23NO. The Morgan fingerprint density at radius 1 is 1.00 bits per heavy atom. The minimum absolute atomic E-state index is 0.947. The van der Waals surface area contributed by atoms with Crippen LogP contribution in [0.15, 0.2) is 54.1 Å². The van der Waals surface area contributed by atoms with Crippen LogP contribution in [0, 0.1) is 0 Å². The lowest BCUT2D eigenvalue weighted by Crippen LogP contribution is -2.19. The summed E-state index contributed by atoms with van der Waals surface area (Å²) in [7, 11) is 6.01. The number of rotatable bonds is 4. The third-order valence-electron chi connectivity index (χ3n) is 4.20. The van der Waals surface area contributed by atoms with Crippen molar-refractivity contribution in [3.63, 3.8) is 0 Å². The van der Waals surface area contributed by atoms with Crippen LogP contribution in [0.2, 0.25) is 0 Å². The van der Waals surface area contributed by atoms with Gasteiger partial charge in [-0.1, -0.05) is 36.4 Å². The average molecular weight is 293 g/mol. The van der Waals surface area contributed by atoms with Gasteiger partial charge in [-0.25, -0.2) is 0 Å². The molecule has 2 aromatic carbocycles. The van der Waals surface area contributed by atoms with E-state index in [-0.39, 0.29) is 0 Å². The maximum atomic E-state index is 5.39. The Morgan fingerprint density at radius 2 is 1.77 bits per heavy atom. The molecule has 0 bridgehead atoms. The molecule has 2 heteroatoms. The molecule has 0 heterocycles. The van der Waals surface area contributed by atoms with Gasteiger partial charge in [0.2, 0.25) is 0 Å². The molecule has 2 nitrogen and oxygen atoms in total. The van der Waals surface area contributed by atoms with Crippen LogP contribution in [0.1, 0.15) is 23.1 Å². The first kappa shape index (κ1) is 14.9. The second kappa shape index (κ2) is 6.37. The largest absolute Gasteiger partial charge is 0.497 e. The Labute approximate surface area is 133 Å². The number of ether oxygens (including phenoxy) is 1. The van der Waals surface area contributed by atoms with Crippen molar-refractivity contribution in [3.05, 3.63) is 70.8 Å². The van der Waals surface area contributed by atoms with E-state index in [1.165, 1.54) is 27.8 Å². The summed E-state index contributed by atoms with van der Waals surface area (Å²) in [5.41, 5.74) is 6.98. The molecule has 0 aliphatic heterocycles. The first-order valence-electron chi connectivity index (χ1n) is 7.78. The lowest BCUT2D eigenvalue weighted by atomic mass is 9.82. The zero-order chi connectivity index (χ0) is 15.5. The predicted molar refractivity (Wildman–Crippen MR) is 92.3 cm³/mol. The third kappa shape index (κ3) is 2.93. The van der Waals surface area contributed by atoms with Gasteiger partial charge in [-0.2, -0.15) is 0 Å². The normalized spacial score (nSPS) is 14.2. The van der Waals surface area contributed by atoms with Crippen LogP contribution in [0.3, 0.4) is 0 Å². The molecule has 3 rings (SSSR count). The monoisotopic (exact) mass is 293 g/mol. The molecule has 0 fully saturated rings. The van der Waals surface area contributed by atoms with Crippen molar-refractivity contribution in [2.24, 2.45) is 0 Å². The van der Waals surface area contributed by atoms with Crippen LogP contribution >= 0.6 is 0 Å². The number of nitrogens with zero attached hydrogens (tertiary/aromatic N) is 1. The molecule has 0 unspecified atom stereocenters. The van der Waals surface area contributed by atoms with Crippen molar-refractivity contribution in [3.8, 4) is 5.75 Å². The highest BCUT2D eigenvalue weighted by Crippen LogP contribution is 2.37. The van der Waals surface area contributed by atoms with Crippen LogP contribution in [0.5, 0.6) is 5.75 Å². The smallest absolute Gasteiger partial charge is 0.119 e. The molecule has 1 aliphatic rings. The molecule has 0 saturated carbocycles. The lowest BCUT2D eigenvalue weighted by Gasteiger charge is -2.26. The number of methoxy groups -OCH3 is 1. The Morgan fingerprint density at radius 3 is 2.45 bits per heavy atom. The minimum atomic E-state index is 0.947. The van der Waals surface area contributed by atoms with E-state index in [0.29, 0.717) is 0 Å². The van der Waals surface area contributed by atoms with Crippen LogP contribution in [0.25, 0.3) is 5.57 Å². The van der Waals surface area contributed by atoms with Gasteiger partial charge < -0.3 is 9.64 Å². The predicted octanol–water partition coefficient (Wildman–Crippen LogP) is 4.00. The zero-order valence-electron chi connectivity index (χ0n) is 13.6. The number of likely N-dealkylation sites (N-methyl/N-ethyl adjacent to an activating group) is 1. The number of aryl methyl sites for hydroxylation is 1. The first-order valence-corrected chi connectivity index (χ1v) is 7.78. The van der Waals surface area contributed by atoms with Gasteiger partial charge in [0.05, 0.1) is 7.11 Å². The van der Waals surface area contributed by atoms with Crippen LogP contribution in [0.4, 0.5) is 0 Å². The highest BCUT2D eigenvalue weighted by Gasteiger charge is 2.21. The highest BCUT2D eigenvalue weighted by molar-refractivity contribution is 5.85. The van der Waals surface area contributed by atoms with Crippen molar-refractivity contribution < 1.29 is 4.74 Å². The maximum absolute atomic E-state index is 5.39. The zero-order valence-corrected chi connectivity index (χ0v) is 13.6. The van der Waals surface area contributed by atoms with E-state index < -0.39 is 0 Å². The summed E-state index contributed by atoms with van der Waals surface area (Å²) in [6.45, 7) is 1.01. The molecule has 0 amide bonds. The molecule has 0 atom stereocenters. The Balaban J connectivity index is 2.15. The van der Waals surface area contributed by atoms with E-state index >= 15 is 0 Å². The number of benzene rings is 2. The van der Waals surface area contributed by atoms with Crippen LogP contribution in [-0.4, -0.2) is 32.6 Å². The van der Waals surface area contributed by atoms with Crippen LogP contribution < -0.4 is 4.74 Å². The number of fused-ring (bicyclic) bond motifs is 1. The van der Waals surface area contributed by atoms with Gasteiger partial charge in [0, 0.05) is 6.54 Å². The van der Waals surface area contributed by atoms with Crippen LogP contribution in [-0.2, 0) is 6.42 Å². The summed E-state index contributed by atoms with van der Waals surface area (Å²) in [5, 5.41) is 0. The third-order valence-corrected chi connectivity index (χ3v) is 4.20. The van der Waals surface area contributed by atoms with E-state index in [0.717, 1.165) is 25.1 Å². The molecule has 0 radical (unpaired) electrons. The minimum Gasteiger partial charge on any atom is -0.497 e. The van der Waals surface area contributed by atoms with Crippen molar-refractivity contribution in [1.29, 1.82) is 0 Å². The molecule has 114 valence electrons. The topological polar surface area (TPSA) is 12.5 Å². The highest BCUT2D eigenvalue weighted by atomic mass is 16.5. The van der Waals surface area contributed by atoms with E-state index in [1.54, 1.807) is 7.11 Å². The molecule has 0 N–H and O–H groups in total. The summed E-state index contributed by atoms with van der Waals surface area (Å²) in [4.78, 5) is 2.26. The second-order valence-corrected chi connectivity index (χ2v) is 6.11. The van der Waals surface area contributed by atoms with Gasteiger partial charge in [-0.15, -0.1) is 0 Å². The van der Waals surface area contributed by atoms with Crippen molar-refractivity contribution in [2.75, 3.05) is 27.7 Å². The first-order chi connectivity index (χ1) is 10.7. The van der Waals surface area contributed by atoms with Gasteiger partial charge in [-0.05, 0) is 66.9 Å². The Bertz CT molecular complexity index is 686. The summed E-state index contributed by atoms with van der Waals surface area (Å²) in [5.74, 6) is 0.947. The molecule has 2 aromatic rings. The van der Waals surface area contributed by atoms with Gasteiger partial charge in [0.25, 0.3) is 0 Å². The van der Waals surface area contributed by atoms with E-state index in [2.05, 4.69) is 67.5 Å². The fourth-order valence-corrected chi connectivity index (χ4v) is 3.25. The molecule has 0 spiro atoms. The molecule has 22 heavy (non-hydrogen) atoms. The van der Waals surface area contributed by atoms with Crippen molar-refractivity contribution >= 4 is 5.57 Å².